The van der Waals surface area contributed by atoms with Gasteiger partial charge in [-0.15, -0.1) is 0 Å². The summed E-state index contributed by atoms with van der Waals surface area (Å²) >= 11 is 0. The van der Waals surface area contributed by atoms with Gasteiger partial charge in [0.2, 0.25) is 5.88 Å². The van der Waals surface area contributed by atoms with Crippen LogP contribution in [-0.4, -0.2) is 27.7 Å². The molecule has 0 aliphatic rings. The lowest BCUT2D eigenvalue weighted by atomic mass is 10.2. The quantitative estimate of drug-likeness (QED) is 0.600. The Kier molecular flexibility index (Phi) is 3.27. The van der Waals surface area contributed by atoms with E-state index < -0.39 is 23.6 Å². The Morgan fingerprint density at radius 2 is 2.07 bits per heavy atom. The van der Waals surface area contributed by atoms with Crippen LogP contribution in [0.5, 0.6) is 5.88 Å². The van der Waals surface area contributed by atoms with E-state index in [9.17, 15) is 14.4 Å². The van der Waals surface area contributed by atoms with Crippen molar-refractivity contribution in [1.82, 2.24) is 9.97 Å². The van der Waals surface area contributed by atoms with E-state index in [0.717, 1.165) is 0 Å². The number of aromatic nitrogens is 2. The minimum absolute atomic E-state index is 0.0892. The van der Waals surface area contributed by atoms with Gasteiger partial charge >= 0.3 is 11.7 Å². The number of nitrogens with one attached hydrogen (secondary N) is 2. The summed E-state index contributed by atoms with van der Waals surface area (Å²) in [6.45, 7) is 1.88. The van der Waals surface area contributed by atoms with E-state index in [1.54, 1.807) is 6.92 Å². The van der Waals surface area contributed by atoms with Gasteiger partial charge in [0.1, 0.15) is 0 Å². The second-order valence-electron chi connectivity index (χ2n) is 2.72. The predicted molar refractivity (Wildman–Crippen MR) is 50.2 cm³/mol. The molecule has 1 aromatic heterocycles. The molecule has 0 bridgehead atoms. The van der Waals surface area contributed by atoms with Crippen LogP contribution < -0.4 is 16.0 Å². The number of carboxylic acid groups (broad SMARTS) is 1. The van der Waals surface area contributed by atoms with E-state index >= 15 is 0 Å². The van der Waals surface area contributed by atoms with Gasteiger partial charge < -0.3 is 9.84 Å². The maximum atomic E-state index is 11.3. The van der Waals surface area contributed by atoms with Crippen LogP contribution in [0.4, 0.5) is 0 Å². The molecule has 1 heterocycles. The Hall–Kier alpha value is -2.05. The molecule has 0 aromatic carbocycles. The predicted octanol–water partition coefficient (Wildman–Crippen LogP) is -0.911. The van der Waals surface area contributed by atoms with Gasteiger partial charge in [-0.25, -0.2) is 4.79 Å². The van der Waals surface area contributed by atoms with Crippen molar-refractivity contribution in [3.05, 3.63) is 26.4 Å². The molecule has 0 aliphatic heterocycles. The van der Waals surface area contributed by atoms with Gasteiger partial charge in [-0.1, -0.05) is 0 Å². The van der Waals surface area contributed by atoms with Gasteiger partial charge in [-0.05, 0) is 6.92 Å². The molecule has 0 spiro atoms. The lowest BCUT2D eigenvalue weighted by Crippen LogP contribution is -2.28. The molecule has 0 unspecified atom stereocenters. The number of carboxylic acids is 1. The van der Waals surface area contributed by atoms with Crippen molar-refractivity contribution in [3.63, 3.8) is 0 Å². The van der Waals surface area contributed by atoms with Gasteiger partial charge in [0.25, 0.3) is 5.56 Å². The molecule has 0 saturated heterocycles. The molecule has 0 fully saturated rings. The summed E-state index contributed by atoms with van der Waals surface area (Å²) in [4.78, 5) is 36.8. The third-order valence-electron chi connectivity index (χ3n) is 1.62. The van der Waals surface area contributed by atoms with Crippen molar-refractivity contribution in [3.8, 4) is 5.88 Å². The minimum atomic E-state index is -1.17. The van der Waals surface area contributed by atoms with Crippen LogP contribution in [-0.2, 0) is 11.2 Å². The Morgan fingerprint density at radius 1 is 1.40 bits per heavy atom. The highest BCUT2D eigenvalue weighted by Gasteiger charge is 2.13. The molecule has 7 nitrogen and oxygen atoms in total. The molecular weight excluding hydrogens is 204 g/mol. The van der Waals surface area contributed by atoms with E-state index in [-0.39, 0.29) is 18.1 Å². The average Bonchev–Trinajstić information content (AvgIpc) is 2.11. The van der Waals surface area contributed by atoms with Gasteiger partial charge in [0.15, 0.2) is 0 Å². The smallest absolute Gasteiger partial charge is 0.328 e. The Bertz CT molecular complexity index is 473. The molecule has 0 saturated carbocycles. The standard InChI is InChI=1S/C8H10N2O5/c1-2-15-7-4(3-5(11)12)6(13)9-8(14)10-7/h2-3H2,1H3,(H,11,12)(H2,9,10,13,14). The fraction of sp³-hybridized carbons (Fsp3) is 0.375. The van der Waals surface area contributed by atoms with Crippen molar-refractivity contribution in [2.24, 2.45) is 0 Å². The lowest BCUT2D eigenvalue weighted by Gasteiger charge is -2.05. The Balaban J connectivity index is 3.26. The molecule has 1 aromatic rings. The van der Waals surface area contributed by atoms with E-state index in [1.165, 1.54) is 0 Å². The number of carbonyl (C=O) groups is 1. The largest absolute Gasteiger partial charge is 0.481 e. The highest BCUT2D eigenvalue weighted by molar-refractivity contribution is 5.70. The van der Waals surface area contributed by atoms with Crippen LogP contribution in [0.2, 0.25) is 0 Å². The number of rotatable bonds is 4. The monoisotopic (exact) mass is 214 g/mol. The summed E-state index contributed by atoms with van der Waals surface area (Å²) in [7, 11) is 0. The number of aliphatic carboxylic acids is 1. The second kappa shape index (κ2) is 4.45. The fourth-order valence-electron chi connectivity index (χ4n) is 1.07. The first kappa shape index (κ1) is 11.0. The number of hydrogen-bond acceptors (Lipinski definition) is 4. The van der Waals surface area contributed by atoms with Crippen LogP contribution in [0.25, 0.3) is 0 Å². The summed E-state index contributed by atoms with van der Waals surface area (Å²) < 4.78 is 4.96. The molecule has 0 aliphatic carbocycles. The van der Waals surface area contributed by atoms with Crippen LogP contribution in [0.15, 0.2) is 9.59 Å². The summed E-state index contributed by atoms with van der Waals surface area (Å²) in [5.41, 5.74) is -1.56. The van der Waals surface area contributed by atoms with Crippen LogP contribution in [0.3, 0.4) is 0 Å². The Morgan fingerprint density at radius 3 is 2.60 bits per heavy atom. The zero-order chi connectivity index (χ0) is 11.4. The van der Waals surface area contributed by atoms with Crippen molar-refractivity contribution < 1.29 is 14.6 Å². The number of hydrogen-bond donors (Lipinski definition) is 3. The number of ether oxygens (including phenoxy) is 1. The first-order valence-corrected chi connectivity index (χ1v) is 4.24. The van der Waals surface area contributed by atoms with Crippen molar-refractivity contribution >= 4 is 5.97 Å². The van der Waals surface area contributed by atoms with Gasteiger partial charge in [-0.2, -0.15) is 0 Å². The maximum Gasteiger partial charge on any atom is 0.328 e. The molecule has 1 rings (SSSR count). The van der Waals surface area contributed by atoms with Gasteiger partial charge in [-0.3, -0.25) is 19.6 Å². The van der Waals surface area contributed by atoms with Gasteiger partial charge in [0, 0.05) is 0 Å². The van der Waals surface area contributed by atoms with Crippen molar-refractivity contribution in [2.75, 3.05) is 6.61 Å². The second-order valence-corrected chi connectivity index (χ2v) is 2.72. The summed E-state index contributed by atoms with van der Waals surface area (Å²) in [5, 5.41) is 8.55. The molecule has 3 N–H and O–H groups in total. The molecule has 7 heteroatoms. The molecule has 0 atom stereocenters. The maximum absolute atomic E-state index is 11.3. The minimum Gasteiger partial charge on any atom is -0.481 e. The van der Waals surface area contributed by atoms with E-state index in [1.807, 2.05) is 4.98 Å². The summed E-state index contributed by atoms with van der Waals surface area (Å²) in [6, 6.07) is 0. The summed E-state index contributed by atoms with van der Waals surface area (Å²) in [6.07, 6.45) is -0.499. The highest BCUT2D eigenvalue weighted by atomic mass is 16.5. The zero-order valence-corrected chi connectivity index (χ0v) is 7.99. The summed E-state index contributed by atoms with van der Waals surface area (Å²) in [5.74, 6) is -1.26. The normalized spacial score (nSPS) is 9.93. The lowest BCUT2D eigenvalue weighted by molar-refractivity contribution is -0.136. The first-order valence-electron chi connectivity index (χ1n) is 4.24. The van der Waals surface area contributed by atoms with E-state index in [0.29, 0.717) is 0 Å². The number of H-pyrrole nitrogens is 2. The molecule has 0 radical (unpaired) electrons. The topological polar surface area (TPSA) is 112 Å². The first-order chi connectivity index (χ1) is 7.04. The van der Waals surface area contributed by atoms with Gasteiger partial charge in [0.05, 0.1) is 18.6 Å². The van der Waals surface area contributed by atoms with Crippen LogP contribution in [0.1, 0.15) is 12.5 Å². The van der Waals surface area contributed by atoms with Crippen molar-refractivity contribution in [2.45, 2.75) is 13.3 Å². The highest BCUT2D eigenvalue weighted by Crippen LogP contribution is 2.08. The third-order valence-corrected chi connectivity index (χ3v) is 1.62. The zero-order valence-electron chi connectivity index (χ0n) is 7.99. The number of aromatic amines is 2. The van der Waals surface area contributed by atoms with E-state index in [4.69, 9.17) is 9.84 Å². The van der Waals surface area contributed by atoms with Crippen LogP contribution in [0, 0.1) is 0 Å². The molecule has 15 heavy (non-hydrogen) atoms. The SMILES string of the molecule is CCOc1[nH]c(=O)[nH]c(=O)c1CC(=O)O. The Labute approximate surface area is 83.7 Å². The molecule has 0 amide bonds. The molecular formula is C8H10N2O5. The third kappa shape index (κ3) is 2.70. The van der Waals surface area contributed by atoms with E-state index in [2.05, 4.69) is 4.98 Å². The fourth-order valence-corrected chi connectivity index (χ4v) is 1.07. The van der Waals surface area contributed by atoms with Crippen LogP contribution >= 0.6 is 0 Å². The van der Waals surface area contributed by atoms with Crippen molar-refractivity contribution in [1.29, 1.82) is 0 Å². The molecule has 82 valence electrons. The average molecular weight is 214 g/mol.